The molecule has 0 spiro atoms. The number of nitrogens with zero attached hydrogens (tertiary/aromatic N) is 3. The lowest BCUT2D eigenvalue weighted by atomic mass is 10.1. The zero-order chi connectivity index (χ0) is 18.5. The number of thioether (sulfide) groups is 1. The molecule has 3 aromatic rings. The predicted octanol–water partition coefficient (Wildman–Crippen LogP) is 4.31. The van der Waals surface area contributed by atoms with E-state index < -0.39 is 0 Å². The lowest BCUT2D eigenvalue weighted by molar-refractivity contribution is -0.113. The van der Waals surface area contributed by atoms with Crippen molar-refractivity contribution in [2.45, 2.75) is 32.5 Å². The van der Waals surface area contributed by atoms with Crippen LogP contribution < -0.4 is 5.32 Å². The van der Waals surface area contributed by atoms with Crippen LogP contribution >= 0.6 is 11.8 Å². The van der Waals surface area contributed by atoms with Crippen LogP contribution in [0.1, 0.15) is 18.1 Å². The highest BCUT2D eigenvalue weighted by Crippen LogP contribution is 2.24. The fourth-order valence-corrected chi connectivity index (χ4v) is 3.44. The molecule has 1 N–H and O–H groups in total. The summed E-state index contributed by atoms with van der Waals surface area (Å²) >= 11 is 1.40. The minimum atomic E-state index is -0.0541. The maximum absolute atomic E-state index is 12.2. The topological polar surface area (TPSA) is 59.8 Å². The maximum Gasteiger partial charge on any atom is 0.234 e. The molecular formula is C20H22N4OS. The van der Waals surface area contributed by atoms with Crippen LogP contribution in [0.3, 0.4) is 0 Å². The van der Waals surface area contributed by atoms with Gasteiger partial charge in [0.2, 0.25) is 5.91 Å². The molecule has 0 saturated carbocycles. The molecule has 1 heterocycles. The average molecular weight is 366 g/mol. The third-order valence-corrected chi connectivity index (χ3v) is 4.94. The highest BCUT2D eigenvalue weighted by atomic mass is 32.2. The first-order chi connectivity index (χ1) is 12.6. The Kier molecular flexibility index (Phi) is 5.73. The van der Waals surface area contributed by atoms with Crippen LogP contribution in [0.4, 0.5) is 5.69 Å². The summed E-state index contributed by atoms with van der Waals surface area (Å²) in [6.45, 7) is 6.88. The Balaban J connectivity index is 1.68. The van der Waals surface area contributed by atoms with Crippen molar-refractivity contribution in [2.75, 3.05) is 11.1 Å². The van der Waals surface area contributed by atoms with Gasteiger partial charge in [0.15, 0.2) is 11.0 Å². The molecule has 2 aromatic carbocycles. The summed E-state index contributed by atoms with van der Waals surface area (Å²) in [7, 11) is 0. The first-order valence-electron chi connectivity index (χ1n) is 8.56. The van der Waals surface area contributed by atoms with Gasteiger partial charge in [-0.05, 0) is 39.0 Å². The summed E-state index contributed by atoms with van der Waals surface area (Å²) in [6, 6.07) is 16.0. The second kappa shape index (κ2) is 8.19. The van der Waals surface area contributed by atoms with Gasteiger partial charge in [-0.15, -0.1) is 10.2 Å². The standard InChI is InChI=1S/C20H22N4OS/c1-4-24-19(16-7-5-6-15(3)12-16)22-23-20(24)26-13-18(25)21-17-10-8-14(2)9-11-17/h5-12H,4,13H2,1-3H3,(H,21,25). The number of carbonyl (C=O) groups excluding carboxylic acids is 1. The first-order valence-corrected chi connectivity index (χ1v) is 9.55. The molecule has 134 valence electrons. The molecule has 0 fully saturated rings. The Bertz CT molecular complexity index is 902. The number of aryl methyl sites for hydroxylation is 2. The second-order valence-corrected chi connectivity index (χ2v) is 7.07. The van der Waals surface area contributed by atoms with Crippen molar-refractivity contribution in [1.29, 1.82) is 0 Å². The van der Waals surface area contributed by atoms with Crippen LogP contribution in [-0.4, -0.2) is 26.4 Å². The smallest absolute Gasteiger partial charge is 0.234 e. The Morgan fingerprint density at radius 2 is 1.85 bits per heavy atom. The molecule has 26 heavy (non-hydrogen) atoms. The zero-order valence-electron chi connectivity index (χ0n) is 15.2. The SMILES string of the molecule is CCn1c(SCC(=O)Nc2ccc(C)cc2)nnc1-c1cccc(C)c1. The molecule has 1 aromatic heterocycles. The van der Waals surface area contributed by atoms with Gasteiger partial charge in [0.1, 0.15) is 0 Å². The summed E-state index contributed by atoms with van der Waals surface area (Å²) in [6.07, 6.45) is 0. The van der Waals surface area contributed by atoms with Crippen LogP contribution in [-0.2, 0) is 11.3 Å². The molecule has 1 amide bonds. The molecule has 0 bridgehead atoms. The number of anilines is 1. The van der Waals surface area contributed by atoms with E-state index in [0.29, 0.717) is 5.75 Å². The molecule has 0 aliphatic rings. The number of rotatable bonds is 6. The fourth-order valence-electron chi connectivity index (χ4n) is 2.64. The molecule has 0 atom stereocenters. The van der Waals surface area contributed by atoms with Crippen molar-refractivity contribution in [3.63, 3.8) is 0 Å². The van der Waals surface area contributed by atoms with Gasteiger partial charge in [0, 0.05) is 17.8 Å². The summed E-state index contributed by atoms with van der Waals surface area (Å²) in [4.78, 5) is 12.2. The molecule has 6 heteroatoms. The van der Waals surface area contributed by atoms with Gasteiger partial charge in [0.05, 0.1) is 5.75 Å². The second-order valence-electron chi connectivity index (χ2n) is 6.12. The Morgan fingerprint density at radius 3 is 2.54 bits per heavy atom. The number of hydrogen-bond donors (Lipinski definition) is 1. The average Bonchev–Trinajstić information content (AvgIpc) is 3.05. The lowest BCUT2D eigenvalue weighted by Crippen LogP contribution is -2.14. The molecule has 0 saturated heterocycles. The third kappa shape index (κ3) is 4.32. The summed E-state index contributed by atoms with van der Waals surface area (Å²) in [5, 5.41) is 12.3. The summed E-state index contributed by atoms with van der Waals surface area (Å²) in [5.74, 6) is 1.07. The molecule has 0 aliphatic heterocycles. The number of hydrogen-bond acceptors (Lipinski definition) is 4. The summed E-state index contributed by atoms with van der Waals surface area (Å²) < 4.78 is 2.04. The van der Waals surface area contributed by atoms with Gasteiger partial charge in [-0.2, -0.15) is 0 Å². The van der Waals surface area contributed by atoms with E-state index in [9.17, 15) is 4.79 Å². The van der Waals surface area contributed by atoms with E-state index in [2.05, 4.69) is 41.5 Å². The van der Waals surface area contributed by atoms with Crippen LogP contribution in [0.5, 0.6) is 0 Å². The molecule has 0 radical (unpaired) electrons. The van der Waals surface area contributed by atoms with Crippen molar-refractivity contribution in [3.05, 3.63) is 59.7 Å². The van der Waals surface area contributed by atoms with Crippen LogP contribution in [0.15, 0.2) is 53.7 Å². The Morgan fingerprint density at radius 1 is 1.08 bits per heavy atom. The van der Waals surface area contributed by atoms with Gasteiger partial charge >= 0.3 is 0 Å². The van der Waals surface area contributed by atoms with E-state index in [4.69, 9.17) is 0 Å². The fraction of sp³-hybridized carbons (Fsp3) is 0.250. The molecule has 5 nitrogen and oxygen atoms in total. The van der Waals surface area contributed by atoms with Crippen molar-refractivity contribution < 1.29 is 4.79 Å². The van der Waals surface area contributed by atoms with Gasteiger partial charge in [0.25, 0.3) is 0 Å². The number of aromatic nitrogens is 3. The number of nitrogens with one attached hydrogen (secondary N) is 1. The van der Waals surface area contributed by atoms with E-state index in [-0.39, 0.29) is 5.91 Å². The normalized spacial score (nSPS) is 10.7. The van der Waals surface area contributed by atoms with Gasteiger partial charge < -0.3 is 9.88 Å². The van der Waals surface area contributed by atoms with E-state index in [0.717, 1.165) is 34.3 Å². The molecular weight excluding hydrogens is 344 g/mol. The number of amides is 1. The lowest BCUT2D eigenvalue weighted by Gasteiger charge is -2.08. The number of benzene rings is 2. The minimum Gasteiger partial charge on any atom is -0.325 e. The molecule has 3 rings (SSSR count). The van der Waals surface area contributed by atoms with Crippen LogP contribution in [0.25, 0.3) is 11.4 Å². The predicted molar refractivity (Wildman–Crippen MR) is 106 cm³/mol. The van der Waals surface area contributed by atoms with Gasteiger partial charge in [-0.3, -0.25) is 4.79 Å². The zero-order valence-corrected chi connectivity index (χ0v) is 16.0. The summed E-state index contributed by atoms with van der Waals surface area (Å²) in [5.41, 5.74) is 4.19. The van der Waals surface area contributed by atoms with E-state index in [1.165, 1.54) is 17.3 Å². The van der Waals surface area contributed by atoms with E-state index >= 15 is 0 Å². The van der Waals surface area contributed by atoms with Crippen molar-refractivity contribution in [1.82, 2.24) is 14.8 Å². The third-order valence-electron chi connectivity index (χ3n) is 3.98. The first kappa shape index (κ1) is 18.2. The maximum atomic E-state index is 12.2. The Labute approximate surface area is 157 Å². The van der Waals surface area contributed by atoms with Gasteiger partial charge in [-0.25, -0.2) is 0 Å². The Hall–Kier alpha value is -2.60. The quantitative estimate of drug-likeness (QED) is 0.660. The molecule has 0 aliphatic carbocycles. The monoisotopic (exact) mass is 366 g/mol. The van der Waals surface area contributed by atoms with Crippen molar-refractivity contribution >= 4 is 23.4 Å². The highest BCUT2D eigenvalue weighted by molar-refractivity contribution is 7.99. The largest absolute Gasteiger partial charge is 0.325 e. The van der Waals surface area contributed by atoms with Crippen LogP contribution in [0.2, 0.25) is 0 Å². The van der Waals surface area contributed by atoms with Crippen LogP contribution in [0, 0.1) is 13.8 Å². The van der Waals surface area contributed by atoms with Crippen molar-refractivity contribution in [3.8, 4) is 11.4 Å². The number of carbonyl (C=O) groups is 1. The minimum absolute atomic E-state index is 0.0541. The van der Waals surface area contributed by atoms with Gasteiger partial charge in [-0.1, -0.05) is 53.2 Å². The van der Waals surface area contributed by atoms with E-state index in [1.54, 1.807) is 0 Å². The van der Waals surface area contributed by atoms with E-state index in [1.807, 2.05) is 47.9 Å². The molecule has 0 unspecified atom stereocenters. The van der Waals surface area contributed by atoms with Crippen molar-refractivity contribution in [2.24, 2.45) is 0 Å². The highest BCUT2D eigenvalue weighted by Gasteiger charge is 2.14.